The Kier molecular flexibility index (Phi) is 13.4. The number of ether oxygens (including phenoxy) is 3. The van der Waals surface area contributed by atoms with Gasteiger partial charge in [0.25, 0.3) is 0 Å². The number of benzene rings is 3. The van der Waals surface area contributed by atoms with Crippen LogP contribution >= 0.6 is 15.9 Å². The summed E-state index contributed by atoms with van der Waals surface area (Å²) in [5.74, 6) is -0.912. The van der Waals surface area contributed by atoms with E-state index in [2.05, 4.69) is 22.0 Å². The molecule has 0 amide bonds. The summed E-state index contributed by atoms with van der Waals surface area (Å²) in [5.41, 5.74) is 3.51. The molecule has 2 fully saturated rings. The monoisotopic (exact) mass is 700 g/mol. The number of aliphatic carboxylic acids is 1. The van der Waals surface area contributed by atoms with Gasteiger partial charge in [-0.05, 0) is 116 Å². The average molecular weight is 702 g/mol. The van der Waals surface area contributed by atoms with Crippen LogP contribution in [0.5, 0.6) is 11.5 Å². The van der Waals surface area contributed by atoms with Crippen molar-refractivity contribution in [3.63, 3.8) is 0 Å². The highest BCUT2D eigenvalue weighted by molar-refractivity contribution is 9.10. The summed E-state index contributed by atoms with van der Waals surface area (Å²) in [6, 6.07) is 15.2. The van der Waals surface area contributed by atoms with Gasteiger partial charge in [0.15, 0.2) is 24.3 Å². The summed E-state index contributed by atoms with van der Waals surface area (Å²) in [6.07, 6.45) is 11.2. The molecule has 6 nitrogen and oxygen atoms in total. The smallest absolute Gasteiger partial charge is 0.347 e. The van der Waals surface area contributed by atoms with Gasteiger partial charge in [-0.1, -0.05) is 66.6 Å². The van der Waals surface area contributed by atoms with Crippen molar-refractivity contribution in [1.29, 1.82) is 0 Å². The molecule has 0 aromatic heterocycles. The van der Waals surface area contributed by atoms with E-state index in [4.69, 9.17) is 19.3 Å². The van der Waals surface area contributed by atoms with E-state index in [-0.39, 0.29) is 5.97 Å². The number of esters is 1. The number of carbonyl (C=O) groups is 2. The van der Waals surface area contributed by atoms with Gasteiger partial charge in [-0.2, -0.15) is 0 Å². The molecule has 0 radical (unpaired) electrons. The number of halogens is 3. The number of rotatable bonds is 10. The molecule has 0 bridgehead atoms. The number of carboxylic acid groups (broad SMARTS) is 1. The molecular formula is C37H43BrF2O6. The first-order chi connectivity index (χ1) is 22.2. The largest absolute Gasteiger partial charge is 0.482 e. The van der Waals surface area contributed by atoms with E-state index >= 15 is 0 Å². The highest BCUT2D eigenvalue weighted by Crippen LogP contribution is 2.41. The summed E-state index contributed by atoms with van der Waals surface area (Å²) >= 11 is 3.54. The zero-order chi connectivity index (χ0) is 33.1. The lowest BCUT2D eigenvalue weighted by Crippen LogP contribution is -2.26. The third kappa shape index (κ3) is 10.0. The van der Waals surface area contributed by atoms with Crippen molar-refractivity contribution in [2.45, 2.75) is 96.0 Å². The Morgan fingerprint density at radius 3 is 1.96 bits per heavy atom. The van der Waals surface area contributed by atoms with Crippen LogP contribution in [0.3, 0.4) is 0 Å². The topological polar surface area (TPSA) is 82.1 Å². The molecule has 248 valence electrons. The first-order valence-electron chi connectivity index (χ1n) is 16.2. The Hall–Kier alpha value is -3.46. The quantitative estimate of drug-likeness (QED) is 0.212. The first kappa shape index (κ1) is 35.4. The molecule has 1 atom stereocenters. The van der Waals surface area contributed by atoms with Gasteiger partial charge in [0.05, 0.1) is 6.61 Å². The molecule has 1 N–H and O–H groups in total. The fraction of sp³-hybridized carbons (Fsp3) is 0.459. The van der Waals surface area contributed by atoms with Crippen LogP contribution in [0.4, 0.5) is 8.78 Å². The maximum Gasteiger partial charge on any atom is 0.347 e. The third-order valence-electron chi connectivity index (χ3n) is 8.60. The van der Waals surface area contributed by atoms with Gasteiger partial charge in [-0.15, -0.1) is 0 Å². The van der Waals surface area contributed by atoms with Crippen LogP contribution in [0.1, 0.15) is 101 Å². The van der Waals surface area contributed by atoms with Crippen LogP contribution in [0, 0.1) is 11.6 Å². The Balaban J connectivity index is 0.000000212. The molecule has 1 unspecified atom stereocenters. The van der Waals surface area contributed by atoms with Crippen molar-refractivity contribution < 1.29 is 37.7 Å². The molecule has 0 aliphatic heterocycles. The zero-order valence-corrected chi connectivity index (χ0v) is 28.1. The van der Waals surface area contributed by atoms with Gasteiger partial charge in [-0.3, -0.25) is 0 Å². The molecule has 0 saturated heterocycles. The predicted octanol–water partition coefficient (Wildman–Crippen LogP) is 9.97. The second-order valence-electron chi connectivity index (χ2n) is 11.9. The summed E-state index contributed by atoms with van der Waals surface area (Å²) in [6.45, 7) is 3.52. The molecule has 2 aliphatic rings. The second-order valence-corrected chi connectivity index (χ2v) is 12.8. The third-order valence-corrected chi connectivity index (χ3v) is 9.09. The maximum absolute atomic E-state index is 13.5. The number of carbonyl (C=O) groups excluding carboxylic acids is 1. The van der Waals surface area contributed by atoms with Gasteiger partial charge in [-0.25, -0.2) is 18.4 Å². The normalized spacial score (nSPS) is 16.1. The van der Waals surface area contributed by atoms with Crippen LogP contribution in [0.2, 0.25) is 0 Å². The van der Waals surface area contributed by atoms with Crippen LogP contribution < -0.4 is 9.47 Å². The van der Waals surface area contributed by atoms with Gasteiger partial charge in [0.2, 0.25) is 0 Å². The first-order valence-corrected chi connectivity index (χ1v) is 17.0. The summed E-state index contributed by atoms with van der Waals surface area (Å²) < 4.78 is 44.1. The van der Waals surface area contributed by atoms with E-state index in [0.717, 1.165) is 53.1 Å². The minimum absolute atomic E-state index is 0.294. The van der Waals surface area contributed by atoms with E-state index < -0.39 is 30.3 Å². The summed E-state index contributed by atoms with van der Waals surface area (Å²) in [4.78, 5) is 22.6. The van der Waals surface area contributed by atoms with Gasteiger partial charge < -0.3 is 19.3 Å². The van der Waals surface area contributed by atoms with Crippen molar-refractivity contribution in [3.05, 3.63) is 81.8 Å². The number of hydrogen-bond acceptors (Lipinski definition) is 5. The van der Waals surface area contributed by atoms with Gasteiger partial charge >= 0.3 is 11.9 Å². The Labute approximate surface area is 278 Å². The lowest BCUT2D eigenvalue weighted by molar-refractivity contribution is -0.150. The van der Waals surface area contributed by atoms with Gasteiger partial charge in [0, 0.05) is 4.47 Å². The standard InChI is InChI=1S/C20H20F2O3.C17H23BrO3/c21-17-8-6-15(11-18(17)22)14-7-9-19(25-12-20(23)24)16(10-14)13-4-2-1-3-5-13;1-3-20-17(19)12(2)21-16-10-9-14(18)11-15(16)13-7-5-4-6-8-13/h6-11,13H,1-5,12H2,(H,23,24);9-13H,3-8H2,1-2H3. The van der Waals surface area contributed by atoms with E-state index in [1.165, 1.54) is 56.2 Å². The van der Waals surface area contributed by atoms with Crippen LogP contribution in [-0.4, -0.2) is 36.4 Å². The molecule has 9 heteroatoms. The minimum atomic E-state index is -1.03. The fourth-order valence-electron chi connectivity index (χ4n) is 6.26. The predicted molar refractivity (Wildman–Crippen MR) is 177 cm³/mol. The molecule has 0 heterocycles. The lowest BCUT2D eigenvalue weighted by atomic mass is 9.82. The van der Waals surface area contributed by atoms with Crippen molar-refractivity contribution >= 4 is 27.9 Å². The lowest BCUT2D eigenvalue weighted by Gasteiger charge is -2.25. The molecule has 5 rings (SSSR count). The number of carboxylic acids is 1. The number of hydrogen-bond donors (Lipinski definition) is 1. The molecule has 2 saturated carbocycles. The minimum Gasteiger partial charge on any atom is -0.482 e. The van der Waals surface area contributed by atoms with Crippen molar-refractivity contribution in [1.82, 2.24) is 0 Å². The molecule has 0 spiro atoms. The fourth-order valence-corrected chi connectivity index (χ4v) is 6.64. The van der Waals surface area contributed by atoms with E-state index in [0.29, 0.717) is 29.8 Å². The summed E-state index contributed by atoms with van der Waals surface area (Å²) in [7, 11) is 0. The Morgan fingerprint density at radius 2 is 1.37 bits per heavy atom. The maximum atomic E-state index is 13.5. The molecule has 2 aliphatic carbocycles. The van der Waals surface area contributed by atoms with E-state index in [1.807, 2.05) is 18.2 Å². The van der Waals surface area contributed by atoms with E-state index in [9.17, 15) is 18.4 Å². The highest BCUT2D eigenvalue weighted by Gasteiger charge is 2.23. The van der Waals surface area contributed by atoms with Crippen molar-refractivity contribution in [2.75, 3.05) is 13.2 Å². The van der Waals surface area contributed by atoms with Crippen LogP contribution in [0.25, 0.3) is 11.1 Å². The molecular weight excluding hydrogens is 658 g/mol. The zero-order valence-electron chi connectivity index (χ0n) is 26.5. The Morgan fingerprint density at radius 1 is 0.804 bits per heavy atom. The van der Waals surface area contributed by atoms with E-state index in [1.54, 1.807) is 26.0 Å². The average Bonchev–Trinajstić information content (AvgIpc) is 3.07. The molecule has 46 heavy (non-hydrogen) atoms. The molecule has 3 aromatic rings. The van der Waals surface area contributed by atoms with Crippen molar-refractivity contribution in [2.24, 2.45) is 0 Å². The molecule has 3 aromatic carbocycles. The van der Waals surface area contributed by atoms with Crippen LogP contribution in [0.15, 0.2) is 59.1 Å². The highest BCUT2D eigenvalue weighted by atomic mass is 79.9. The SMILES string of the molecule is CCOC(=O)C(C)Oc1ccc(Br)cc1C1CCCCC1.O=C(O)COc1ccc(-c2ccc(F)c(F)c2)cc1C1CCCCC1. The summed E-state index contributed by atoms with van der Waals surface area (Å²) in [5, 5.41) is 8.86. The second kappa shape index (κ2) is 17.5. The Bertz CT molecular complexity index is 1470. The van der Waals surface area contributed by atoms with Gasteiger partial charge in [0.1, 0.15) is 11.5 Å². The van der Waals surface area contributed by atoms with Crippen LogP contribution in [-0.2, 0) is 14.3 Å². The van der Waals surface area contributed by atoms with Crippen molar-refractivity contribution in [3.8, 4) is 22.6 Å².